The van der Waals surface area contributed by atoms with Gasteiger partial charge in [-0.15, -0.1) is 11.3 Å². The maximum atomic E-state index is 12.2. The summed E-state index contributed by atoms with van der Waals surface area (Å²) in [7, 11) is -3.16. The van der Waals surface area contributed by atoms with Crippen molar-refractivity contribution in [2.45, 2.75) is 6.42 Å². The molecule has 3 heterocycles. The second-order valence-corrected chi connectivity index (χ2v) is 7.90. The fraction of sp³-hybridized carbons (Fsp3) is 0.500. The molecule has 0 atom stereocenters. The SMILES string of the molecule is CS(=O)(=O)N1CCN(C(=O)Cc2cn3ccsc3n2)CC1. The molecule has 0 N–H and O–H groups in total. The fourth-order valence-corrected chi connectivity index (χ4v) is 3.94. The van der Waals surface area contributed by atoms with E-state index >= 15 is 0 Å². The number of sulfonamides is 1. The van der Waals surface area contributed by atoms with Crippen LogP contribution >= 0.6 is 11.3 Å². The summed E-state index contributed by atoms with van der Waals surface area (Å²) in [6.07, 6.45) is 5.22. The molecule has 1 saturated heterocycles. The van der Waals surface area contributed by atoms with Crippen molar-refractivity contribution < 1.29 is 13.2 Å². The number of hydrogen-bond acceptors (Lipinski definition) is 5. The first-order valence-corrected chi connectivity index (χ1v) is 9.30. The number of hydrogen-bond donors (Lipinski definition) is 0. The lowest BCUT2D eigenvalue weighted by atomic mass is 10.2. The van der Waals surface area contributed by atoms with E-state index in [0.717, 1.165) is 10.7 Å². The molecule has 0 aromatic carbocycles. The standard InChI is InChI=1S/C12H16N4O3S2/c1-21(18,19)16-4-2-14(3-5-16)11(17)8-10-9-15-6-7-20-12(15)13-10/h6-7,9H,2-5,8H2,1H3. The van der Waals surface area contributed by atoms with Crippen LogP contribution in [0, 0.1) is 0 Å². The molecule has 1 fully saturated rings. The van der Waals surface area contributed by atoms with E-state index in [0.29, 0.717) is 26.2 Å². The van der Waals surface area contributed by atoms with Crippen LogP contribution in [0.3, 0.4) is 0 Å². The first kappa shape index (κ1) is 14.5. The Kier molecular flexibility index (Phi) is 3.72. The first-order valence-electron chi connectivity index (χ1n) is 6.57. The molecule has 0 unspecified atom stereocenters. The van der Waals surface area contributed by atoms with Gasteiger partial charge < -0.3 is 4.90 Å². The van der Waals surface area contributed by atoms with E-state index < -0.39 is 10.0 Å². The number of imidazole rings is 1. The van der Waals surface area contributed by atoms with Gasteiger partial charge in [-0.3, -0.25) is 9.20 Å². The summed E-state index contributed by atoms with van der Waals surface area (Å²) in [4.78, 5) is 19.2. The van der Waals surface area contributed by atoms with Gasteiger partial charge in [0.1, 0.15) is 0 Å². The second kappa shape index (κ2) is 5.39. The fourth-order valence-electron chi connectivity index (χ4n) is 2.40. The predicted molar refractivity (Wildman–Crippen MR) is 79.8 cm³/mol. The van der Waals surface area contributed by atoms with Gasteiger partial charge >= 0.3 is 0 Å². The number of piperazine rings is 1. The Morgan fingerprint density at radius 3 is 2.67 bits per heavy atom. The van der Waals surface area contributed by atoms with Gasteiger partial charge in [-0.2, -0.15) is 4.31 Å². The lowest BCUT2D eigenvalue weighted by Gasteiger charge is -2.33. The Balaban J connectivity index is 1.60. The van der Waals surface area contributed by atoms with E-state index in [1.807, 2.05) is 22.2 Å². The normalized spacial score (nSPS) is 17.5. The molecule has 2 aromatic heterocycles. The zero-order chi connectivity index (χ0) is 15.0. The molecule has 0 saturated carbocycles. The quantitative estimate of drug-likeness (QED) is 0.797. The van der Waals surface area contributed by atoms with Crippen LogP contribution in [0.5, 0.6) is 0 Å². The minimum absolute atomic E-state index is 0.00564. The van der Waals surface area contributed by atoms with Gasteiger partial charge in [-0.05, 0) is 0 Å². The maximum Gasteiger partial charge on any atom is 0.228 e. The Labute approximate surface area is 126 Å². The number of carbonyl (C=O) groups excluding carboxylic acids is 1. The third-order valence-corrected chi connectivity index (χ3v) is 5.61. The second-order valence-electron chi connectivity index (χ2n) is 5.04. The van der Waals surface area contributed by atoms with Crippen LogP contribution in [0.1, 0.15) is 5.69 Å². The Bertz CT molecular complexity index is 728. The van der Waals surface area contributed by atoms with E-state index in [1.165, 1.54) is 21.9 Å². The molecular weight excluding hydrogens is 312 g/mol. The summed E-state index contributed by atoms with van der Waals surface area (Å²) in [5.74, 6) is -0.00564. The van der Waals surface area contributed by atoms with E-state index in [4.69, 9.17) is 0 Å². The Morgan fingerprint density at radius 2 is 2.05 bits per heavy atom. The van der Waals surface area contributed by atoms with Crippen LogP contribution in [-0.4, -0.2) is 65.3 Å². The average molecular weight is 328 g/mol. The van der Waals surface area contributed by atoms with E-state index in [-0.39, 0.29) is 12.3 Å². The van der Waals surface area contributed by atoms with Crippen LogP contribution in [0.25, 0.3) is 4.96 Å². The molecule has 0 aliphatic carbocycles. The largest absolute Gasteiger partial charge is 0.340 e. The number of amides is 1. The van der Waals surface area contributed by atoms with Crippen molar-refractivity contribution in [3.63, 3.8) is 0 Å². The summed E-state index contributed by atoms with van der Waals surface area (Å²) in [5.41, 5.74) is 0.748. The highest BCUT2D eigenvalue weighted by Gasteiger charge is 2.26. The third-order valence-electron chi connectivity index (χ3n) is 3.54. The van der Waals surface area contributed by atoms with Gasteiger partial charge in [0.05, 0.1) is 18.4 Å². The minimum atomic E-state index is -3.16. The number of fused-ring (bicyclic) bond motifs is 1. The van der Waals surface area contributed by atoms with Crippen molar-refractivity contribution in [2.75, 3.05) is 32.4 Å². The monoisotopic (exact) mass is 328 g/mol. The van der Waals surface area contributed by atoms with Crippen LogP contribution in [0.4, 0.5) is 0 Å². The van der Waals surface area contributed by atoms with E-state index in [9.17, 15) is 13.2 Å². The molecule has 1 aliphatic heterocycles. The molecule has 114 valence electrons. The summed E-state index contributed by atoms with van der Waals surface area (Å²) in [6, 6.07) is 0. The van der Waals surface area contributed by atoms with Gasteiger partial charge in [0.25, 0.3) is 0 Å². The van der Waals surface area contributed by atoms with Crippen molar-refractivity contribution in [1.29, 1.82) is 0 Å². The van der Waals surface area contributed by atoms with Gasteiger partial charge in [-0.25, -0.2) is 13.4 Å². The molecule has 21 heavy (non-hydrogen) atoms. The molecule has 1 aliphatic rings. The summed E-state index contributed by atoms with van der Waals surface area (Å²) in [5, 5.41) is 1.94. The van der Waals surface area contributed by atoms with E-state index in [2.05, 4.69) is 4.98 Å². The molecule has 0 bridgehead atoms. The minimum Gasteiger partial charge on any atom is -0.340 e. The summed E-state index contributed by atoms with van der Waals surface area (Å²) >= 11 is 1.53. The third kappa shape index (κ3) is 3.09. The van der Waals surface area contributed by atoms with Gasteiger partial charge in [-0.1, -0.05) is 0 Å². The van der Waals surface area contributed by atoms with Crippen molar-refractivity contribution in [3.05, 3.63) is 23.5 Å². The van der Waals surface area contributed by atoms with Crippen molar-refractivity contribution in [1.82, 2.24) is 18.6 Å². The van der Waals surface area contributed by atoms with Crippen molar-refractivity contribution in [3.8, 4) is 0 Å². The van der Waals surface area contributed by atoms with Crippen LogP contribution in [-0.2, 0) is 21.2 Å². The van der Waals surface area contributed by atoms with Gasteiger partial charge in [0, 0.05) is 44.0 Å². The molecule has 3 rings (SSSR count). The van der Waals surface area contributed by atoms with Crippen molar-refractivity contribution in [2.24, 2.45) is 0 Å². The molecule has 0 spiro atoms. The van der Waals surface area contributed by atoms with Crippen LogP contribution in [0.2, 0.25) is 0 Å². The topological polar surface area (TPSA) is 75.0 Å². The Morgan fingerprint density at radius 1 is 1.33 bits per heavy atom. The lowest BCUT2D eigenvalue weighted by molar-refractivity contribution is -0.131. The van der Waals surface area contributed by atoms with Gasteiger partial charge in [0.2, 0.25) is 15.9 Å². The zero-order valence-corrected chi connectivity index (χ0v) is 13.2. The predicted octanol–water partition coefficient (Wildman–Crippen LogP) is 0.0421. The highest BCUT2D eigenvalue weighted by molar-refractivity contribution is 7.88. The number of thiazole rings is 1. The molecule has 0 radical (unpaired) electrons. The molecule has 1 amide bonds. The molecule has 2 aromatic rings. The highest BCUT2D eigenvalue weighted by atomic mass is 32.2. The lowest BCUT2D eigenvalue weighted by Crippen LogP contribution is -2.50. The van der Waals surface area contributed by atoms with Crippen molar-refractivity contribution >= 4 is 32.2 Å². The maximum absolute atomic E-state index is 12.2. The molecule has 7 nitrogen and oxygen atoms in total. The summed E-state index contributed by atoms with van der Waals surface area (Å²) < 4.78 is 26.2. The van der Waals surface area contributed by atoms with Gasteiger partial charge in [0.15, 0.2) is 4.96 Å². The number of rotatable bonds is 3. The Hall–Kier alpha value is -1.45. The number of carbonyl (C=O) groups is 1. The van der Waals surface area contributed by atoms with Crippen LogP contribution in [0.15, 0.2) is 17.8 Å². The smallest absolute Gasteiger partial charge is 0.228 e. The first-order chi connectivity index (χ1) is 9.93. The van der Waals surface area contributed by atoms with Crippen LogP contribution < -0.4 is 0 Å². The summed E-state index contributed by atoms with van der Waals surface area (Å²) in [6.45, 7) is 1.61. The van der Waals surface area contributed by atoms with E-state index in [1.54, 1.807) is 4.90 Å². The zero-order valence-electron chi connectivity index (χ0n) is 11.6. The highest BCUT2D eigenvalue weighted by Crippen LogP contribution is 2.13. The number of nitrogens with zero attached hydrogens (tertiary/aromatic N) is 4. The average Bonchev–Trinajstić information content (AvgIpc) is 2.98. The molecule has 9 heteroatoms. The number of aromatic nitrogens is 2. The molecular formula is C12H16N4O3S2.